The number of halogens is 1. The molecule has 7 heteroatoms. The van der Waals surface area contributed by atoms with Gasteiger partial charge in [-0.2, -0.15) is 0 Å². The predicted octanol–water partition coefficient (Wildman–Crippen LogP) is 3.54. The molecule has 3 rings (SSSR count). The van der Waals surface area contributed by atoms with E-state index in [9.17, 15) is 4.79 Å². The van der Waals surface area contributed by atoms with Crippen LogP contribution in [0.25, 0.3) is 0 Å². The van der Waals surface area contributed by atoms with Gasteiger partial charge in [-0.25, -0.2) is 0 Å². The average molecular weight is 351 g/mol. The molecule has 0 aliphatic heterocycles. The average Bonchev–Trinajstić information content (AvgIpc) is 3.29. The van der Waals surface area contributed by atoms with Gasteiger partial charge in [0, 0.05) is 11.1 Å². The third-order valence-electron chi connectivity index (χ3n) is 3.83. The van der Waals surface area contributed by atoms with Gasteiger partial charge < -0.3 is 9.88 Å². The van der Waals surface area contributed by atoms with Crippen molar-refractivity contribution in [1.29, 1.82) is 0 Å². The summed E-state index contributed by atoms with van der Waals surface area (Å²) in [5.41, 5.74) is 0.921. The molecule has 0 saturated heterocycles. The fraction of sp³-hybridized carbons (Fsp3) is 0.438. The molecular weight excluding hydrogens is 332 g/mol. The van der Waals surface area contributed by atoms with Crippen molar-refractivity contribution in [3.8, 4) is 0 Å². The predicted molar refractivity (Wildman–Crippen MR) is 91.8 cm³/mol. The summed E-state index contributed by atoms with van der Waals surface area (Å²) in [5.74, 6) is 1.20. The van der Waals surface area contributed by atoms with Crippen LogP contribution in [-0.4, -0.2) is 26.4 Å². The van der Waals surface area contributed by atoms with E-state index in [1.54, 1.807) is 0 Å². The normalized spacial score (nSPS) is 15.4. The summed E-state index contributed by atoms with van der Waals surface area (Å²) < 4.78 is 2.13. The quantitative estimate of drug-likeness (QED) is 0.809. The number of aromatic nitrogens is 3. The van der Waals surface area contributed by atoms with Gasteiger partial charge in [0.25, 0.3) is 0 Å². The maximum Gasteiger partial charge on any atom is 0.230 e. The summed E-state index contributed by atoms with van der Waals surface area (Å²) >= 11 is 7.59. The first kappa shape index (κ1) is 16.3. The lowest BCUT2D eigenvalue weighted by Crippen LogP contribution is -2.28. The number of thioether (sulfide) groups is 1. The number of nitrogens with one attached hydrogen (secondary N) is 1. The molecule has 1 heterocycles. The molecule has 1 aromatic heterocycles. The maximum absolute atomic E-state index is 12.2. The molecule has 1 saturated carbocycles. The molecule has 1 fully saturated rings. The Hall–Kier alpha value is -1.53. The fourth-order valence-electron chi connectivity index (χ4n) is 2.52. The number of nitrogens with zero attached hydrogens (tertiary/aromatic N) is 3. The van der Waals surface area contributed by atoms with Crippen LogP contribution in [0, 0.1) is 6.92 Å². The number of amides is 1. The minimum atomic E-state index is -0.125. The lowest BCUT2D eigenvalue weighted by Gasteiger charge is -2.15. The van der Waals surface area contributed by atoms with Gasteiger partial charge in [-0.05, 0) is 38.3 Å². The highest BCUT2D eigenvalue weighted by Gasteiger charge is 2.28. The van der Waals surface area contributed by atoms with Crippen LogP contribution in [-0.2, 0) is 4.79 Å². The molecule has 1 aliphatic carbocycles. The molecule has 122 valence electrons. The Morgan fingerprint density at radius 1 is 1.43 bits per heavy atom. The minimum Gasteiger partial charge on any atom is -0.349 e. The molecule has 0 unspecified atom stereocenters. The van der Waals surface area contributed by atoms with Gasteiger partial charge in [-0.1, -0.05) is 41.6 Å². The lowest BCUT2D eigenvalue weighted by molar-refractivity contribution is -0.119. The van der Waals surface area contributed by atoms with E-state index in [2.05, 4.69) is 20.1 Å². The second-order valence-electron chi connectivity index (χ2n) is 5.73. The van der Waals surface area contributed by atoms with E-state index in [0.29, 0.717) is 16.8 Å². The molecule has 1 amide bonds. The summed E-state index contributed by atoms with van der Waals surface area (Å²) in [6, 6.07) is 7.93. The number of carbonyl (C=O) groups is 1. The van der Waals surface area contributed by atoms with Crippen LogP contribution in [0.1, 0.15) is 43.2 Å². The smallest absolute Gasteiger partial charge is 0.230 e. The fourth-order valence-corrected chi connectivity index (χ4v) is 3.68. The number of hydrogen-bond donors (Lipinski definition) is 1. The van der Waals surface area contributed by atoms with Gasteiger partial charge in [-0.3, -0.25) is 4.79 Å². The number of benzene rings is 1. The first-order chi connectivity index (χ1) is 11.1. The number of hydrogen-bond acceptors (Lipinski definition) is 4. The summed E-state index contributed by atoms with van der Waals surface area (Å²) in [5, 5.41) is 12.8. The van der Waals surface area contributed by atoms with Crippen molar-refractivity contribution in [2.45, 2.75) is 43.9 Å². The second kappa shape index (κ2) is 6.93. The van der Waals surface area contributed by atoms with E-state index >= 15 is 0 Å². The molecular formula is C16H19ClN4OS. The van der Waals surface area contributed by atoms with Crippen LogP contribution < -0.4 is 5.32 Å². The van der Waals surface area contributed by atoms with E-state index < -0.39 is 0 Å². The molecule has 5 nitrogen and oxygen atoms in total. The minimum absolute atomic E-state index is 0.0366. The summed E-state index contributed by atoms with van der Waals surface area (Å²) in [4.78, 5) is 12.2. The Bertz CT molecular complexity index is 714. The maximum atomic E-state index is 12.2. The van der Waals surface area contributed by atoms with Crippen molar-refractivity contribution in [2.24, 2.45) is 0 Å². The Balaban J connectivity index is 1.57. The van der Waals surface area contributed by atoms with E-state index in [4.69, 9.17) is 11.6 Å². The molecule has 1 aliphatic rings. The molecule has 1 aromatic carbocycles. The second-order valence-corrected chi connectivity index (χ2v) is 7.08. The van der Waals surface area contributed by atoms with Gasteiger partial charge in [0.15, 0.2) is 5.16 Å². The van der Waals surface area contributed by atoms with Crippen molar-refractivity contribution in [3.05, 3.63) is 40.7 Å². The third-order valence-corrected chi connectivity index (χ3v) is 5.12. The Labute approximate surface area is 144 Å². The number of aryl methyl sites for hydroxylation is 1. The monoisotopic (exact) mass is 350 g/mol. The standard InChI is InChI=1S/C16H19ClN4OS/c1-10(13-5-3-4-6-14(13)17)18-15(22)9-23-16-20-19-11(2)21(16)12-7-8-12/h3-6,10,12H,7-9H2,1-2H3,(H,18,22)/t10-/m0/s1. The highest BCUT2D eigenvalue weighted by molar-refractivity contribution is 7.99. The van der Waals surface area contributed by atoms with E-state index in [1.165, 1.54) is 24.6 Å². The zero-order valence-electron chi connectivity index (χ0n) is 13.1. The van der Waals surface area contributed by atoms with Gasteiger partial charge in [0.2, 0.25) is 5.91 Å². The highest BCUT2D eigenvalue weighted by Crippen LogP contribution is 2.38. The largest absolute Gasteiger partial charge is 0.349 e. The third kappa shape index (κ3) is 3.87. The van der Waals surface area contributed by atoms with Crippen LogP contribution >= 0.6 is 23.4 Å². The van der Waals surface area contributed by atoms with Gasteiger partial charge >= 0.3 is 0 Å². The lowest BCUT2D eigenvalue weighted by atomic mass is 10.1. The van der Waals surface area contributed by atoms with Crippen molar-refractivity contribution in [1.82, 2.24) is 20.1 Å². The van der Waals surface area contributed by atoms with Gasteiger partial charge in [0.1, 0.15) is 5.82 Å². The molecule has 0 radical (unpaired) electrons. The van der Waals surface area contributed by atoms with E-state index in [-0.39, 0.29) is 11.9 Å². The van der Waals surface area contributed by atoms with Crippen LogP contribution in [0.5, 0.6) is 0 Å². The molecule has 2 aromatic rings. The molecule has 0 spiro atoms. The molecule has 0 bridgehead atoms. The summed E-state index contributed by atoms with van der Waals surface area (Å²) in [7, 11) is 0. The van der Waals surface area contributed by atoms with Crippen LogP contribution in [0.15, 0.2) is 29.4 Å². The number of carbonyl (C=O) groups excluding carboxylic acids is 1. The first-order valence-corrected chi connectivity index (χ1v) is 9.00. The molecule has 1 N–H and O–H groups in total. The molecule has 1 atom stereocenters. The first-order valence-electron chi connectivity index (χ1n) is 7.64. The summed E-state index contributed by atoms with van der Waals surface area (Å²) in [6.45, 7) is 3.88. The highest BCUT2D eigenvalue weighted by atomic mass is 35.5. The topological polar surface area (TPSA) is 59.8 Å². The van der Waals surface area contributed by atoms with Crippen LogP contribution in [0.2, 0.25) is 5.02 Å². The van der Waals surface area contributed by atoms with Crippen molar-refractivity contribution in [3.63, 3.8) is 0 Å². The Morgan fingerprint density at radius 3 is 2.87 bits per heavy atom. The summed E-state index contributed by atoms with van der Waals surface area (Å²) in [6.07, 6.45) is 2.34. The Morgan fingerprint density at radius 2 is 2.17 bits per heavy atom. The van der Waals surface area contributed by atoms with Gasteiger partial charge in [0.05, 0.1) is 11.8 Å². The Kier molecular flexibility index (Phi) is 4.92. The number of rotatable bonds is 6. The SMILES string of the molecule is Cc1nnc(SCC(=O)N[C@@H](C)c2ccccc2Cl)n1C1CC1. The van der Waals surface area contributed by atoms with Crippen molar-refractivity contribution in [2.75, 3.05) is 5.75 Å². The van der Waals surface area contributed by atoms with Crippen LogP contribution in [0.3, 0.4) is 0 Å². The zero-order chi connectivity index (χ0) is 16.4. The van der Waals surface area contributed by atoms with Crippen molar-refractivity contribution >= 4 is 29.3 Å². The zero-order valence-corrected chi connectivity index (χ0v) is 14.7. The molecule has 23 heavy (non-hydrogen) atoms. The van der Waals surface area contributed by atoms with E-state index in [0.717, 1.165) is 16.5 Å². The van der Waals surface area contributed by atoms with Gasteiger partial charge in [-0.15, -0.1) is 10.2 Å². The van der Waals surface area contributed by atoms with Crippen LogP contribution in [0.4, 0.5) is 0 Å². The van der Waals surface area contributed by atoms with Crippen molar-refractivity contribution < 1.29 is 4.79 Å². The van der Waals surface area contributed by atoms with E-state index in [1.807, 2.05) is 38.1 Å².